The van der Waals surface area contributed by atoms with Gasteiger partial charge >= 0.3 is 0 Å². The highest BCUT2D eigenvalue weighted by molar-refractivity contribution is 5.79. The molecule has 0 heterocycles. The number of methoxy groups -OCH3 is 1. The van der Waals surface area contributed by atoms with E-state index in [0.717, 1.165) is 55.7 Å². The molecule has 0 spiro atoms. The molecule has 2 N–H and O–H groups in total. The Balaban J connectivity index is 1.64. The molecule has 0 aromatic heterocycles. The van der Waals surface area contributed by atoms with Gasteiger partial charge in [0.15, 0.2) is 5.96 Å². The van der Waals surface area contributed by atoms with Gasteiger partial charge in [0.05, 0.1) is 13.2 Å². The number of para-hydroxylation sites is 1. The molecular weight excluding hydrogens is 392 g/mol. The lowest BCUT2D eigenvalue weighted by Gasteiger charge is -2.16. The van der Waals surface area contributed by atoms with Crippen LogP contribution >= 0.6 is 0 Å². The zero-order chi connectivity index (χ0) is 22.2. The van der Waals surface area contributed by atoms with Crippen molar-refractivity contribution < 1.29 is 14.2 Å². The number of hydrogen-bond acceptors (Lipinski definition) is 5. The number of guanidine groups is 1. The Morgan fingerprint density at radius 2 is 1.65 bits per heavy atom. The molecule has 0 amide bonds. The molecule has 2 rings (SSSR count). The Bertz CT molecular complexity index is 755. The molecule has 7 heteroatoms. The van der Waals surface area contributed by atoms with Crippen molar-refractivity contribution in [2.75, 3.05) is 60.7 Å². The topological polar surface area (TPSA) is 67.4 Å². The van der Waals surface area contributed by atoms with Crippen LogP contribution in [0.1, 0.15) is 12.0 Å². The maximum Gasteiger partial charge on any atom is 0.191 e. The number of aliphatic imine (C=N–C) groups is 1. The van der Waals surface area contributed by atoms with E-state index in [1.807, 2.05) is 42.5 Å². The lowest BCUT2D eigenvalue weighted by Crippen LogP contribution is -2.37. The number of nitrogens with one attached hydrogen (secondary N) is 2. The first kappa shape index (κ1) is 24.5. The summed E-state index contributed by atoms with van der Waals surface area (Å²) in [6.07, 6.45) is 0.887. The van der Waals surface area contributed by atoms with E-state index in [2.05, 4.69) is 39.7 Å². The van der Waals surface area contributed by atoms with E-state index in [1.54, 1.807) is 14.2 Å². The van der Waals surface area contributed by atoms with Crippen LogP contribution in [0.4, 0.5) is 0 Å². The fourth-order valence-electron chi connectivity index (χ4n) is 2.82. The van der Waals surface area contributed by atoms with Crippen LogP contribution in [0.15, 0.2) is 59.6 Å². The molecule has 0 aliphatic rings. The molecule has 0 aliphatic heterocycles. The minimum Gasteiger partial charge on any atom is -0.494 e. The molecule has 0 saturated heterocycles. The Kier molecular flexibility index (Phi) is 11.9. The first-order chi connectivity index (χ1) is 15.2. The summed E-state index contributed by atoms with van der Waals surface area (Å²) in [5.74, 6) is 2.54. The zero-order valence-electron chi connectivity index (χ0n) is 19.0. The maximum atomic E-state index is 5.89. The summed E-state index contributed by atoms with van der Waals surface area (Å²) in [6.45, 7) is 5.24. The monoisotopic (exact) mass is 428 g/mol. The zero-order valence-corrected chi connectivity index (χ0v) is 19.0. The maximum absolute atomic E-state index is 5.89. The minimum atomic E-state index is 0.644. The summed E-state index contributed by atoms with van der Waals surface area (Å²) >= 11 is 0. The van der Waals surface area contributed by atoms with E-state index in [0.29, 0.717) is 19.8 Å². The van der Waals surface area contributed by atoms with Crippen molar-refractivity contribution in [2.45, 2.75) is 13.0 Å². The second-order valence-corrected chi connectivity index (χ2v) is 7.16. The Morgan fingerprint density at radius 1 is 0.903 bits per heavy atom. The highest BCUT2D eigenvalue weighted by atomic mass is 16.5. The number of rotatable bonds is 14. The Labute approximate surface area is 186 Å². The van der Waals surface area contributed by atoms with Gasteiger partial charge in [0, 0.05) is 40.3 Å². The quantitative estimate of drug-likeness (QED) is 0.274. The Morgan fingerprint density at radius 3 is 2.42 bits per heavy atom. The van der Waals surface area contributed by atoms with Gasteiger partial charge in [-0.05, 0) is 43.3 Å². The molecular formula is C24H36N4O3. The van der Waals surface area contributed by atoms with Gasteiger partial charge in [-0.1, -0.05) is 30.3 Å². The van der Waals surface area contributed by atoms with E-state index < -0.39 is 0 Å². The van der Waals surface area contributed by atoms with Gasteiger partial charge in [-0.25, -0.2) is 0 Å². The number of benzene rings is 2. The van der Waals surface area contributed by atoms with E-state index in [1.165, 1.54) is 0 Å². The van der Waals surface area contributed by atoms with Crippen LogP contribution in [-0.4, -0.2) is 71.5 Å². The minimum absolute atomic E-state index is 0.644. The molecule has 0 saturated carbocycles. The normalized spacial score (nSPS) is 11.4. The average molecular weight is 429 g/mol. The van der Waals surface area contributed by atoms with Crippen molar-refractivity contribution in [1.82, 2.24) is 15.5 Å². The summed E-state index contributed by atoms with van der Waals surface area (Å²) in [6, 6.07) is 18.0. The largest absolute Gasteiger partial charge is 0.494 e. The standard InChI is InChI=1S/C24H36N4O3/c1-25-24(26-13-8-16-30-22-10-5-4-6-11-22)27-20-21-9-7-12-23(19-21)31-18-15-28(2)14-17-29-3/h4-7,9-12,19H,8,13-18,20H2,1-3H3,(H2,25,26,27). The van der Waals surface area contributed by atoms with E-state index in [9.17, 15) is 0 Å². The molecule has 31 heavy (non-hydrogen) atoms. The third-order valence-electron chi connectivity index (χ3n) is 4.63. The van der Waals surface area contributed by atoms with Crippen LogP contribution in [0.3, 0.4) is 0 Å². The molecule has 0 fully saturated rings. The van der Waals surface area contributed by atoms with Gasteiger partial charge in [-0.15, -0.1) is 0 Å². The molecule has 7 nitrogen and oxygen atoms in total. The first-order valence-electron chi connectivity index (χ1n) is 10.7. The third kappa shape index (κ3) is 10.7. The summed E-state index contributed by atoms with van der Waals surface area (Å²) in [5.41, 5.74) is 1.14. The molecule has 170 valence electrons. The van der Waals surface area contributed by atoms with Crippen molar-refractivity contribution in [3.8, 4) is 11.5 Å². The number of nitrogens with zero attached hydrogens (tertiary/aromatic N) is 2. The smallest absolute Gasteiger partial charge is 0.191 e. The van der Waals surface area contributed by atoms with Gasteiger partial charge in [-0.3, -0.25) is 4.99 Å². The summed E-state index contributed by atoms with van der Waals surface area (Å²) in [7, 11) is 5.55. The van der Waals surface area contributed by atoms with Gasteiger partial charge < -0.3 is 29.7 Å². The van der Waals surface area contributed by atoms with Crippen LogP contribution in [0.2, 0.25) is 0 Å². The summed E-state index contributed by atoms with van der Waals surface area (Å²) in [4.78, 5) is 6.47. The fourth-order valence-corrected chi connectivity index (χ4v) is 2.82. The molecule has 0 bridgehead atoms. The van der Waals surface area contributed by atoms with Gasteiger partial charge in [0.25, 0.3) is 0 Å². The molecule has 0 atom stereocenters. The van der Waals surface area contributed by atoms with Gasteiger partial charge in [-0.2, -0.15) is 0 Å². The molecule has 0 unspecified atom stereocenters. The Hall–Kier alpha value is -2.77. The van der Waals surface area contributed by atoms with Crippen molar-refractivity contribution in [3.05, 3.63) is 60.2 Å². The van der Waals surface area contributed by atoms with Gasteiger partial charge in [0.2, 0.25) is 0 Å². The number of ether oxygens (including phenoxy) is 3. The number of hydrogen-bond donors (Lipinski definition) is 2. The average Bonchev–Trinajstić information content (AvgIpc) is 2.80. The molecule has 0 radical (unpaired) electrons. The van der Waals surface area contributed by atoms with Gasteiger partial charge in [0.1, 0.15) is 18.1 Å². The highest BCUT2D eigenvalue weighted by Crippen LogP contribution is 2.13. The van der Waals surface area contributed by atoms with Crippen LogP contribution in [0, 0.1) is 0 Å². The van der Waals surface area contributed by atoms with E-state index >= 15 is 0 Å². The third-order valence-corrected chi connectivity index (χ3v) is 4.63. The second kappa shape index (κ2) is 15.1. The van der Waals surface area contributed by atoms with E-state index in [4.69, 9.17) is 14.2 Å². The summed E-state index contributed by atoms with van der Waals surface area (Å²) in [5, 5.41) is 6.66. The van der Waals surface area contributed by atoms with Crippen molar-refractivity contribution >= 4 is 5.96 Å². The second-order valence-electron chi connectivity index (χ2n) is 7.16. The molecule has 2 aromatic rings. The van der Waals surface area contributed by atoms with Crippen molar-refractivity contribution in [1.29, 1.82) is 0 Å². The predicted octanol–water partition coefficient (Wildman–Crippen LogP) is 2.78. The predicted molar refractivity (Wildman–Crippen MR) is 126 cm³/mol. The molecule has 0 aliphatic carbocycles. The first-order valence-corrected chi connectivity index (χ1v) is 10.7. The lowest BCUT2D eigenvalue weighted by molar-refractivity contribution is 0.150. The van der Waals surface area contributed by atoms with Crippen molar-refractivity contribution in [2.24, 2.45) is 4.99 Å². The van der Waals surface area contributed by atoms with Crippen LogP contribution in [0.5, 0.6) is 11.5 Å². The lowest BCUT2D eigenvalue weighted by atomic mass is 10.2. The van der Waals surface area contributed by atoms with Crippen LogP contribution in [0.25, 0.3) is 0 Å². The number of likely N-dealkylation sites (N-methyl/N-ethyl adjacent to an activating group) is 1. The summed E-state index contributed by atoms with van der Waals surface area (Å²) < 4.78 is 16.7. The highest BCUT2D eigenvalue weighted by Gasteiger charge is 2.02. The fraction of sp³-hybridized carbons (Fsp3) is 0.458. The van der Waals surface area contributed by atoms with Crippen molar-refractivity contribution in [3.63, 3.8) is 0 Å². The van der Waals surface area contributed by atoms with Crippen LogP contribution < -0.4 is 20.1 Å². The van der Waals surface area contributed by atoms with E-state index in [-0.39, 0.29) is 0 Å². The molecule has 2 aromatic carbocycles. The SMILES string of the molecule is CN=C(NCCCOc1ccccc1)NCc1cccc(OCCN(C)CCOC)c1. The van der Waals surface area contributed by atoms with Crippen LogP contribution in [-0.2, 0) is 11.3 Å².